The lowest BCUT2D eigenvalue weighted by Crippen LogP contribution is -2.44. The quantitative estimate of drug-likeness (QED) is 0.364. The maximum atomic E-state index is 10.8. The molecule has 0 aromatic rings. The van der Waals surface area contributed by atoms with E-state index in [9.17, 15) is 4.79 Å². The monoisotopic (exact) mass is 194 g/mol. The lowest BCUT2D eigenvalue weighted by molar-refractivity contribution is -0.165. The molecule has 3 atom stereocenters. The van der Waals surface area contributed by atoms with Crippen LogP contribution in [0.1, 0.15) is 6.92 Å². The maximum Gasteiger partial charge on any atom is 0.337 e. The van der Waals surface area contributed by atoms with Crippen LogP contribution in [0.5, 0.6) is 0 Å². The van der Waals surface area contributed by atoms with Gasteiger partial charge < -0.3 is 25.2 Å². The molecule has 0 aromatic heterocycles. The fourth-order valence-electron chi connectivity index (χ4n) is 0.685. The topological polar surface area (TPSA) is 107 Å². The maximum absolute atomic E-state index is 10.8. The number of hydrogen-bond donors (Lipinski definition) is 4. The van der Waals surface area contributed by atoms with Crippen molar-refractivity contribution < 1.29 is 30.0 Å². The smallest absolute Gasteiger partial charge is 0.337 e. The van der Waals surface area contributed by atoms with Crippen LogP contribution in [0.2, 0.25) is 0 Å². The molecule has 0 rings (SSSR count). The number of esters is 1. The van der Waals surface area contributed by atoms with Crippen LogP contribution in [0.15, 0.2) is 0 Å². The van der Waals surface area contributed by atoms with Crippen molar-refractivity contribution in [3.8, 4) is 0 Å². The molecule has 0 spiro atoms. The Bertz CT molecular complexity index is 159. The van der Waals surface area contributed by atoms with Gasteiger partial charge in [-0.15, -0.1) is 0 Å². The molecule has 0 bridgehead atoms. The zero-order chi connectivity index (χ0) is 10.4. The number of aliphatic hydroxyl groups excluding tert-OH is 4. The first-order valence-electron chi connectivity index (χ1n) is 3.86. The van der Waals surface area contributed by atoms with E-state index in [0.29, 0.717) is 0 Å². The van der Waals surface area contributed by atoms with Crippen molar-refractivity contribution >= 4 is 5.97 Å². The average Bonchev–Trinajstić information content (AvgIpc) is 2.14. The molecule has 0 saturated carbocycles. The van der Waals surface area contributed by atoms with Crippen LogP contribution in [-0.2, 0) is 9.53 Å². The summed E-state index contributed by atoms with van der Waals surface area (Å²) in [6.45, 7) is 0.870. The predicted octanol–water partition coefficient (Wildman–Crippen LogP) is -2.38. The normalized spacial score (nSPS) is 17.6. The SMILES string of the molecule is CCOC(=O)[C@@H](O)[C@H](O)[C@H](O)CO. The molecule has 13 heavy (non-hydrogen) atoms. The minimum Gasteiger partial charge on any atom is -0.464 e. The Hall–Kier alpha value is -0.690. The van der Waals surface area contributed by atoms with E-state index in [0.717, 1.165) is 0 Å². The van der Waals surface area contributed by atoms with E-state index in [-0.39, 0.29) is 6.61 Å². The summed E-state index contributed by atoms with van der Waals surface area (Å²) < 4.78 is 4.38. The van der Waals surface area contributed by atoms with Gasteiger partial charge in [0.2, 0.25) is 0 Å². The Labute approximate surface area is 75.4 Å². The van der Waals surface area contributed by atoms with Gasteiger partial charge in [-0.1, -0.05) is 0 Å². The Morgan fingerprint density at radius 2 is 1.92 bits per heavy atom. The Morgan fingerprint density at radius 3 is 2.31 bits per heavy atom. The van der Waals surface area contributed by atoms with Crippen LogP contribution >= 0.6 is 0 Å². The van der Waals surface area contributed by atoms with Crippen molar-refractivity contribution in [3.05, 3.63) is 0 Å². The summed E-state index contributed by atoms with van der Waals surface area (Å²) in [5, 5.41) is 35.3. The van der Waals surface area contributed by atoms with Gasteiger partial charge in [0.1, 0.15) is 12.2 Å². The number of hydrogen-bond acceptors (Lipinski definition) is 6. The Kier molecular flexibility index (Phi) is 5.56. The van der Waals surface area contributed by atoms with Crippen molar-refractivity contribution in [2.75, 3.05) is 13.2 Å². The average molecular weight is 194 g/mol. The highest BCUT2D eigenvalue weighted by molar-refractivity contribution is 5.75. The van der Waals surface area contributed by atoms with Gasteiger partial charge in [-0.2, -0.15) is 0 Å². The fraction of sp³-hybridized carbons (Fsp3) is 0.857. The summed E-state index contributed by atoms with van der Waals surface area (Å²) in [6, 6.07) is 0. The molecule has 0 radical (unpaired) electrons. The lowest BCUT2D eigenvalue weighted by atomic mass is 10.1. The molecule has 0 aliphatic rings. The molecule has 4 N–H and O–H groups in total. The molecule has 0 aliphatic carbocycles. The van der Waals surface area contributed by atoms with Crippen LogP contribution in [0.4, 0.5) is 0 Å². The van der Waals surface area contributed by atoms with Gasteiger partial charge in [0.25, 0.3) is 0 Å². The van der Waals surface area contributed by atoms with Crippen molar-refractivity contribution in [2.24, 2.45) is 0 Å². The molecule has 78 valence electrons. The standard InChI is InChI=1S/C7H14O6/c1-2-13-7(12)6(11)5(10)4(9)3-8/h4-6,8-11H,2-3H2,1H3/t4-,5-,6+/m1/s1. The third kappa shape index (κ3) is 3.69. The molecule has 6 heteroatoms. The highest BCUT2D eigenvalue weighted by atomic mass is 16.5. The van der Waals surface area contributed by atoms with Gasteiger partial charge in [0.15, 0.2) is 6.10 Å². The number of carbonyl (C=O) groups is 1. The first kappa shape index (κ1) is 12.3. The highest BCUT2D eigenvalue weighted by Gasteiger charge is 2.30. The lowest BCUT2D eigenvalue weighted by Gasteiger charge is -2.19. The summed E-state index contributed by atoms with van der Waals surface area (Å²) >= 11 is 0. The van der Waals surface area contributed by atoms with E-state index in [1.165, 1.54) is 0 Å². The van der Waals surface area contributed by atoms with Crippen LogP contribution in [0.3, 0.4) is 0 Å². The van der Waals surface area contributed by atoms with E-state index in [1.807, 2.05) is 0 Å². The van der Waals surface area contributed by atoms with E-state index in [1.54, 1.807) is 6.92 Å². The van der Waals surface area contributed by atoms with Gasteiger partial charge in [0, 0.05) is 0 Å². The third-order valence-corrected chi connectivity index (χ3v) is 1.43. The van der Waals surface area contributed by atoms with Crippen molar-refractivity contribution in [1.29, 1.82) is 0 Å². The molecular weight excluding hydrogens is 180 g/mol. The van der Waals surface area contributed by atoms with Gasteiger partial charge in [-0.05, 0) is 6.92 Å². The molecule has 0 aliphatic heterocycles. The Balaban J connectivity index is 4.07. The largest absolute Gasteiger partial charge is 0.464 e. The second-order valence-electron chi connectivity index (χ2n) is 2.44. The van der Waals surface area contributed by atoms with E-state index >= 15 is 0 Å². The van der Waals surface area contributed by atoms with Crippen LogP contribution < -0.4 is 0 Å². The number of carbonyl (C=O) groups excluding carboxylic acids is 1. The van der Waals surface area contributed by atoms with Crippen LogP contribution in [0, 0.1) is 0 Å². The van der Waals surface area contributed by atoms with E-state index in [4.69, 9.17) is 20.4 Å². The number of rotatable bonds is 5. The predicted molar refractivity (Wildman–Crippen MR) is 41.7 cm³/mol. The molecule has 0 heterocycles. The highest BCUT2D eigenvalue weighted by Crippen LogP contribution is 2.01. The summed E-state index contributed by atoms with van der Waals surface area (Å²) in [4.78, 5) is 10.8. The van der Waals surface area contributed by atoms with Gasteiger partial charge in [-0.25, -0.2) is 4.79 Å². The molecule has 0 amide bonds. The van der Waals surface area contributed by atoms with Gasteiger partial charge in [-0.3, -0.25) is 0 Å². The van der Waals surface area contributed by atoms with Crippen LogP contribution in [0.25, 0.3) is 0 Å². The first-order chi connectivity index (χ1) is 6.04. The molecule has 0 saturated heterocycles. The Morgan fingerprint density at radius 1 is 1.38 bits per heavy atom. The molecule has 0 unspecified atom stereocenters. The zero-order valence-corrected chi connectivity index (χ0v) is 7.25. The van der Waals surface area contributed by atoms with Crippen molar-refractivity contribution in [2.45, 2.75) is 25.2 Å². The fourth-order valence-corrected chi connectivity index (χ4v) is 0.685. The first-order valence-corrected chi connectivity index (χ1v) is 3.86. The zero-order valence-electron chi connectivity index (χ0n) is 7.25. The van der Waals surface area contributed by atoms with Crippen LogP contribution in [-0.4, -0.2) is 57.9 Å². The minimum absolute atomic E-state index is 0.0673. The van der Waals surface area contributed by atoms with Crippen molar-refractivity contribution in [1.82, 2.24) is 0 Å². The van der Waals surface area contributed by atoms with Crippen molar-refractivity contribution in [3.63, 3.8) is 0 Å². The van der Waals surface area contributed by atoms with E-state index in [2.05, 4.69) is 4.74 Å². The summed E-state index contributed by atoms with van der Waals surface area (Å²) in [5.74, 6) is -1.03. The van der Waals surface area contributed by atoms with Gasteiger partial charge in [0.05, 0.1) is 13.2 Å². The molecule has 0 fully saturated rings. The molecular formula is C7H14O6. The summed E-state index contributed by atoms with van der Waals surface area (Å²) in [6.07, 6.45) is -5.12. The van der Waals surface area contributed by atoms with E-state index < -0.39 is 30.9 Å². The molecule has 0 aromatic carbocycles. The minimum atomic E-state index is -1.83. The summed E-state index contributed by atoms with van der Waals surface area (Å²) in [7, 11) is 0. The summed E-state index contributed by atoms with van der Waals surface area (Å²) in [5.41, 5.74) is 0. The second-order valence-corrected chi connectivity index (χ2v) is 2.44. The molecule has 6 nitrogen and oxygen atoms in total. The number of ether oxygens (including phenoxy) is 1. The number of aliphatic hydroxyl groups is 4. The van der Waals surface area contributed by atoms with Gasteiger partial charge >= 0.3 is 5.97 Å². The third-order valence-electron chi connectivity index (χ3n) is 1.43. The second kappa shape index (κ2) is 5.87.